The van der Waals surface area contributed by atoms with E-state index in [9.17, 15) is 10.1 Å². The Balaban J connectivity index is 1.53. The monoisotopic (exact) mass is 364 g/mol. The average Bonchev–Trinajstić information content (AvgIpc) is 3.24. The highest BCUT2D eigenvalue weighted by Gasteiger charge is 2.16. The predicted molar refractivity (Wildman–Crippen MR) is 103 cm³/mol. The molecule has 5 nitrogen and oxygen atoms in total. The van der Waals surface area contributed by atoms with E-state index in [4.69, 9.17) is 9.47 Å². The normalized spacial score (nSPS) is 16.0. The van der Waals surface area contributed by atoms with Gasteiger partial charge in [-0.05, 0) is 37.0 Å². The van der Waals surface area contributed by atoms with Gasteiger partial charge in [-0.15, -0.1) is 0 Å². The molecule has 1 N–H and O–H groups in total. The number of ether oxygens (including phenoxy) is 2. The Morgan fingerprint density at radius 2 is 1.96 bits per heavy atom. The zero-order valence-electron chi connectivity index (χ0n) is 15.3. The Kier molecular flexibility index (Phi) is 6.97. The molecular formula is C22H24N2O3. The molecule has 1 amide bonds. The topological polar surface area (TPSA) is 71.4 Å². The molecule has 0 saturated carbocycles. The van der Waals surface area contributed by atoms with Crippen LogP contribution in [0.25, 0.3) is 11.1 Å². The molecule has 140 valence electrons. The van der Waals surface area contributed by atoms with E-state index in [0.29, 0.717) is 30.9 Å². The maximum absolute atomic E-state index is 12.6. The van der Waals surface area contributed by atoms with Crippen molar-refractivity contribution in [2.45, 2.75) is 25.4 Å². The molecule has 1 atom stereocenters. The highest BCUT2D eigenvalue weighted by atomic mass is 16.5. The van der Waals surface area contributed by atoms with Crippen LogP contribution in [0.2, 0.25) is 0 Å². The minimum absolute atomic E-state index is 0.141. The van der Waals surface area contributed by atoms with Crippen molar-refractivity contribution in [1.29, 1.82) is 5.26 Å². The largest absolute Gasteiger partial charge is 0.379 e. The number of hydrogen-bond donors (Lipinski definition) is 1. The quantitative estimate of drug-likeness (QED) is 0.727. The van der Waals surface area contributed by atoms with E-state index >= 15 is 0 Å². The van der Waals surface area contributed by atoms with Crippen molar-refractivity contribution >= 4 is 5.91 Å². The first kappa shape index (κ1) is 19.1. The van der Waals surface area contributed by atoms with Crippen LogP contribution in [0.1, 0.15) is 35.2 Å². The second-order valence-corrected chi connectivity index (χ2v) is 6.52. The van der Waals surface area contributed by atoms with Gasteiger partial charge in [-0.1, -0.05) is 36.4 Å². The molecule has 3 rings (SSSR count). The molecule has 1 saturated heterocycles. The molecule has 5 heteroatoms. The third-order valence-electron chi connectivity index (χ3n) is 4.59. The van der Waals surface area contributed by atoms with E-state index in [1.807, 2.05) is 36.4 Å². The lowest BCUT2D eigenvalue weighted by Crippen LogP contribution is -2.26. The van der Waals surface area contributed by atoms with Gasteiger partial charge in [0.1, 0.15) is 0 Å². The molecule has 0 bridgehead atoms. The lowest BCUT2D eigenvalue weighted by Gasteiger charge is -2.12. The minimum atomic E-state index is -0.141. The third kappa shape index (κ3) is 5.16. The molecule has 2 aromatic carbocycles. The Labute approximate surface area is 159 Å². The lowest BCUT2D eigenvalue weighted by molar-refractivity contribution is 0.0166. The Morgan fingerprint density at radius 1 is 1.19 bits per heavy atom. The summed E-state index contributed by atoms with van der Waals surface area (Å²) in [4.78, 5) is 12.6. The number of nitriles is 1. The van der Waals surface area contributed by atoms with Crippen LogP contribution in [0.4, 0.5) is 0 Å². The highest BCUT2D eigenvalue weighted by molar-refractivity contribution is 6.01. The number of nitrogens with one attached hydrogen (secondary N) is 1. The van der Waals surface area contributed by atoms with Crippen molar-refractivity contribution in [2.24, 2.45) is 0 Å². The summed E-state index contributed by atoms with van der Waals surface area (Å²) in [6.45, 7) is 2.60. The molecule has 2 aromatic rings. The fourth-order valence-electron chi connectivity index (χ4n) is 3.19. The third-order valence-corrected chi connectivity index (χ3v) is 4.59. The molecule has 27 heavy (non-hydrogen) atoms. The minimum Gasteiger partial charge on any atom is -0.379 e. The molecule has 1 aliphatic rings. The van der Waals surface area contributed by atoms with Crippen LogP contribution in [0, 0.1) is 11.3 Å². The fourth-order valence-corrected chi connectivity index (χ4v) is 3.19. The number of hydrogen-bond acceptors (Lipinski definition) is 4. The Hall–Kier alpha value is -2.68. The van der Waals surface area contributed by atoms with Gasteiger partial charge in [0.15, 0.2) is 0 Å². The summed E-state index contributed by atoms with van der Waals surface area (Å²) in [6, 6.07) is 16.9. The number of carbonyl (C=O) groups excluding carboxylic acids is 1. The van der Waals surface area contributed by atoms with Crippen LogP contribution in [-0.4, -0.2) is 38.4 Å². The van der Waals surface area contributed by atoms with Gasteiger partial charge in [0, 0.05) is 30.9 Å². The fraction of sp³-hybridized carbons (Fsp3) is 0.364. The molecule has 1 heterocycles. The summed E-state index contributed by atoms with van der Waals surface area (Å²) in [5.41, 5.74) is 2.66. The summed E-state index contributed by atoms with van der Waals surface area (Å²) in [6.07, 6.45) is 3.15. The molecule has 1 aliphatic heterocycles. The van der Waals surface area contributed by atoms with Crippen LogP contribution in [-0.2, 0) is 9.47 Å². The van der Waals surface area contributed by atoms with Crippen LogP contribution < -0.4 is 5.32 Å². The molecular weight excluding hydrogens is 340 g/mol. The summed E-state index contributed by atoms with van der Waals surface area (Å²) >= 11 is 0. The zero-order valence-corrected chi connectivity index (χ0v) is 15.3. The second kappa shape index (κ2) is 9.86. The molecule has 1 unspecified atom stereocenters. The molecule has 0 aliphatic carbocycles. The van der Waals surface area contributed by atoms with Gasteiger partial charge < -0.3 is 14.8 Å². The SMILES string of the molecule is N#Cc1ccccc1-c1ccccc1C(=O)NCCCOCC1CCCO1. The van der Waals surface area contributed by atoms with E-state index in [2.05, 4.69) is 11.4 Å². The molecule has 0 aromatic heterocycles. The zero-order chi connectivity index (χ0) is 18.9. The van der Waals surface area contributed by atoms with Crippen LogP contribution in [0.5, 0.6) is 0 Å². The maximum atomic E-state index is 12.6. The molecule has 1 fully saturated rings. The predicted octanol–water partition coefficient (Wildman–Crippen LogP) is 3.54. The number of benzene rings is 2. The highest BCUT2D eigenvalue weighted by Crippen LogP contribution is 2.26. The van der Waals surface area contributed by atoms with Crippen molar-refractivity contribution in [3.63, 3.8) is 0 Å². The first-order valence-corrected chi connectivity index (χ1v) is 9.35. The van der Waals surface area contributed by atoms with Crippen LogP contribution >= 0.6 is 0 Å². The number of carbonyl (C=O) groups is 1. The van der Waals surface area contributed by atoms with Gasteiger partial charge >= 0.3 is 0 Å². The van der Waals surface area contributed by atoms with E-state index in [0.717, 1.165) is 37.0 Å². The summed E-state index contributed by atoms with van der Waals surface area (Å²) in [5.74, 6) is -0.141. The first-order valence-electron chi connectivity index (χ1n) is 9.35. The van der Waals surface area contributed by atoms with Gasteiger partial charge in [0.05, 0.1) is 24.3 Å². The van der Waals surface area contributed by atoms with Crippen LogP contribution in [0.15, 0.2) is 48.5 Å². The summed E-state index contributed by atoms with van der Waals surface area (Å²) in [7, 11) is 0. The van der Waals surface area contributed by atoms with Gasteiger partial charge in [-0.2, -0.15) is 5.26 Å². The molecule has 0 spiro atoms. The van der Waals surface area contributed by atoms with Crippen LogP contribution in [0.3, 0.4) is 0 Å². The van der Waals surface area contributed by atoms with Crippen molar-refractivity contribution in [3.05, 3.63) is 59.7 Å². The number of nitrogens with zero attached hydrogens (tertiary/aromatic N) is 1. The van der Waals surface area contributed by atoms with E-state index < -0.39 is 0 Å². The van der Waals surface area contributed by atoms with Gasteiger partial charge in [0.2, 0.25) is 0 Å². The summed E-state index contributed by atoms with van der Waals surface area (Å²) < 4.78 is 11.1. The number of amides is 1. The van der Waals surface area contributed by atoms with E-state index in [1.54, 1.807) is 12.1 Å². The Bertz CT molecular complexity index is 807. The molecule has 0 radical (unpaired) electrons. The lowest BCUT2D eigenvalue weighted by atomic mass is 9.95. The van der Waals surface area contributed by atoms with Crippen molar-refractivity contribution in [3.8, 4) is 17.2 Å². The average molecular weight is 364 g/mol. The van der Waals surface area contributed by atoms with Crippen molar-refractivity contribution in [1.82, 2.24) is 5.32 Å². The van der Waals surface area contributed by atoms with Crippen molar-refractivity contribution < 1.29 is 14.3 Å². The Morgan fingerprint density at radius 3 is 2.74 bits per heavy atom. The number of rotatable bonds is 8. The van der Waals surface area contributed by atoms with E-state index in [-0.39, 0.29) is 12.0 Å². The van der Waals surface area contributed by atoms with Gasteiger partial charge in [0.25, 0.3) is 5.91 Å². The maximum Gasteiger partial charge on any atom is 0.251 e. The van der Waals surface area contributed by atoms with E-state index in [1.165, 1.54) is 0 Å². The van der Waals surface area contributed by atoms with Gasteiger partial charge in [-0.3, -0.25) is 4.79 Å². The second-order valence-electron chi connectivity index (χ2n) is 6.52. The smallest absolute Gasteiger partial charge is 0.251 e. The first-order chi connectivity index (χ1) is 13.3. The summed E-state index contributed by atoms with van der Waals surface area (Å²) in [5, 5.41) is 12.3. The van der Waals surface area contributed by atoms with Crippen molar-refractivity contribution in [2.75, 3.05) is 26.4 Å². The standard InChI is InChI=1S/C22H24N2O3/c23-15-17-7-1-2-9-19(17)20-10-3-4-11-21(20)22(25)24-12-6-13-26-16-18-8-5-14-27-18/h1-4,7,9-11,18H,5-6,8,12-14,16H2,(H,24,25). The van der Waals surface area contributed by atoms with Gasteiger partial charge in [-0.25, -0.2) is 0 Å².